The Morgan fingerprint density at radius 2 is 1.53 bits per heavy atom. The number of fused-ring (bicyclic) bond motifs is 1. The first-order valence-electron chi connectivity index (χ1n) is 5.45. The van der Waals surface area contributed by atoms with E-state index >= 15 is 0 Å². The third kappa shape index (κ3) is 1.87. The largest absolute Gasteiger partial charge is 0.155 e. The zero-order valence-corrected chi connectivity index (χ0v) is 9.73. The van der Waals surface area contributed by atoms with Crippen molar-refractivity contribution in [3.05, 3.63) is 29.6 Å². The van der Waals surface area contributed by atoms with Gasteiger partial charge in [0, 0.05) is 0 Å². The van der Waals surface area contributed by atoms with Crippen molar-refractivity contribution in [1.82, 2.24) is 14.8 Å². The average molecular weight is 203 g/mol. The van der Waals surface area contributed by atoms with Gasteiger partial charge in [-0.25, -0.2) is 0 Å². The van der Waals surface area contributed by atoms with Crippen molar-refractivity contribution >= 4 is 5.52 Å². The maximum Gasteiger partial charge on any atom is 0.0876 e. The minimum atomic E-state index is 0.445. The zero-order valence-electron chi connectivity index (χ0n) is 9.73. The van der Waals surface area contributed by atoms with E-state index in [4.69, 9.17) is 0 Å². The summed E-state index contributed by atoms with van der Waals surface area (Å²) in [5.74, 6) is 0.898. The first-order valence-corrected chi connectivity index (χ1v) is 5.45. The smallest absolute Gasteiger partial charge is 0.0876 e. The first-order chi connectivity index (χ1) is 7.08. The van der Waals surface area contributed by atoms with Gasteiger partial charge in [0.05, 0.1) is 16.9 Å². The molecular weight excluding hydrogens is 186 g/mol. The fourth-order valence-electron chi connectivity index (χ4n) is 1.50. The molecule has 2 aromatic heterocycles. The molecule has 3 heteroatoms. The molecule has 0 aliphatic rings. The van der Waals surface area contributed by atoms with Crippen LogP contribution < -0.4 is 0 Å². The molecule has 0 aliphatic heterocycles. The van der Waals surface area contributed by atoms with Crippen molar-refractivity contribution in [2.75, 3.05) is 0 Å². The SMILES string of the molecule is CC(C)c1ccc2cc(C(C)C)nn2n1. The minimum Gasteiger partial charge on any atom is -0.155 e. The van der Waals surface area contributed by atoms with Crippen LogP contribution in [0.3, 0.4) is 0 Å². The molecule has 2 heterocycles. The molecule has 0 unspecified atom stereocenters. The van der Waals surface area contributed by atoms with E-state index in [1.165, 1.54) is 0 Å². The minimum absolute atomic E-state index is 0.445. The van der Waals surface area contributed by atoms with Crippen LogP contribution in [0.15, 0.2) is 18.2 Å². The topological polar surface area (TPSA) is 30.2 Å². The molecule has 0 spiro atoms. The molecule has 0 aliphatic carbocycles. The standard InChI is InChI=1S/C12H17N3/c1-8(2)11-6-5-10-7-12(9(3)4)14-15(10)13-11/h5-9H,1-4H3. The quantitative estimate of drug-likeness (QED) is 0.751. The maximum absolute atomic E-state index is 4.48. The Kier molecular flexibility index (Phi) is 2.47. The van der Waals surface area contributed by atoms with Crippen LogP contribution >= 0.6 is 0 Å². The molecule has 80 valence electrons. The molecule has 0 N–H and O–H groups in total. The normalized spacial score (nSPS) is 11.9. The van der Waals surface area contributed by atoms with Crippen LogP contribution in [0.5, 0.6) is 0 Å². The van der Waals surface area contributed by atoms with Crippen molar-refractivity contribution in [2.45, 2.75) is 39.5 Å². The summed E-state index contributed by atoms with van der Waals surface area (Å²) in [5, 5.41) is 8.94. The Balaban J connectivity index is 2.52. The number of rotatable bonds is 2. The third-order valence-corrected chi connectivity index (χ3v) is 2.56. The Morgan fingerprint density at radius 1 is 0.933 bits per heavy atom. The second-order valence-corrected chi connectivity index (χ2v) is 4.55. The van der Waals surface area contributed by atoms with Gasteiger partial charge < -0.3 is 0 Å². The summed E-state index contributed by atoms with van der Waals surface area (Å²) in [5.41, 5.74) is 3.26. The number of hydrogen-bond acceptors (Lipinski definition) is 2. The predicted molar refractivity (Wildman–Crippen MR) is 61.2 cm³/mol. The van der Waals surface area contributed by atoms with Crippen LogP contribution in [0.2, 0.25) is 0 Å². The molecule has 2 aromatic rings. The lowest BCUT2D eigenvalue weighted by molar-refractivity contribution is 0.690. The summed E-state index contributed by atoms with van der Waals surface area (Å²) in [4.78, 5) is 0. The maximum atomic E-state index is 4.48. The number of hydrogen-bond donors (Lipinski definition) is 0. The van der Waals surface area contributed by atoms with Crippen LogP contribution in [-0.2, 0) is 0 Å². The van der Waals surface area contributed by atoms with Gasteiger partial charge in [-0.05, 0) is 30.0 Å². The Hall–Kier alpha value is -1.38. The lowest BCUT2D eigenvalue weighted by Gasteiger charge is -2.02. The third-order valence-electron chi connectivity index (χ3n) is 2.56. The van der Waals surface area contributed by atoms with Crippen LogP contribution in [-0.4, -0.2) is 14.8 Å². The zero-order chi connectivity index (χ0) is 11.0. The fourth-order valence-corrected chi connectivity index (χ4v) is 1.50. The first kappa shape index (κ1) is 10.1. The molecule has 15 heavy (non-hydrogen) atoms. The summed E-state index contributed by atoms with van der Waals surface area (Å²) in [6.07, 6.45) is 0. The van der Waals surface area contributed by atoms with E-state index in [0.717, 1.165) is 16.9 Å². The molecule has 0 amide bonds. The molecular formula is C12H17N3. The highest BCUT2D eigenvalue weighted by molar-refractivity contribution is 5.47. The highest BCUT2D eigenvalue weighted by Gasteiger charge is 2.07. The Bertz CT molecular complexity index is 463. The van der Waals surface area contributed by atoms with E-state index in [2.05, 4.69) is 56.1 Å². The van der Waals surface area contributed by atoms with Gasteiger partial charge in [0.15, 0.2) is 0 Å². The Labute approximate surface area is 90.1 Å². The summed E-state index contributed by atoms with van der Waals surface area (Å²) in [6, 6.07) is 6.26. The second-order valence-electron chi connectivity index (χ2n) is 4.55. The lowest BCUT2D eigenvalue weighted by atomic mass is 10.1. The average Bonchev–Trinajstić information content (AvgIpc) is 2.59. The van der Waals surface area contributed by atoms with Gasteiger partial charge >= 0.3 is 0 Å². The lowest BCUT2D eigenvalue weighted by Crippen LogP contribution is -2.01. The molecule has 0 atom stereocenters. The van der Waals surface area contributed by atoms with Crippen molar-refractivity contribution < 1.29 is 0 Å². The molecule has 0 aromatic carbocycles. The van der Waals surface area contributed by atoms with Crippen LogP contribution in [0.25, 0.3) is 5.52 Å². The van der Waals surface area contributed by atoms with Crippen LogP contribution in [0.4, 0.5) is 0 Å². The summed E-state index contributed by atoms with van der Waals surface area (Å²) in [6.45, 7) is 8.57. The number of nitrogens with zero attached hydrogens (tertiary/aromatic N) is 3. The predicted octanol–water partition coefficient (Wildman–Crippen LogP) is 2.98. The molecule has 3 nitrogen and oxygen atoms in total. The van der Waals surface area contributed by atoms with Crippen molar-refractivity contribution in [3.63, 3.8) is 0 Å². The molecule has 0 radical (unpaired) electrons. The highest BCUT2D eigenvalue weighted by atomic mass is 15.4. The highest BCUT2D eigenvalue weighted by Crippen LogP contribution is 2.16. The fraction of sp³-hybridized carbons (Fsp3) is 0.500. The van der Waals surface area contributed by atoms with E-state index in [-0.39, 0.29) is 0 Å². The van der Waals surface area contributed by atoms with Gasteiger partial charge in [-0.15, -0.1) is 0 Å². The monoisotopic (exact) mass is 203 g/mol. The molecule has 0 saturated carbocycles. The van der Waals surface area contributed by atoms with Gasteiger partial charge in [-0.3, -0.25) is 0 Å². The van der Waals surface area contributed by atoms with Gasteiger partial charge in [0.25, 0.3) is 0 Å². The van der Waals surface area contributed by atoms with Gasteiger partial charge in [0.1, 0.15) is 0 Å². The van der Waals surface area contributed by atoms with E-state index < -0.39 is 0 Å². The van der Waals surface area contributed by atoms with Crippen molar-refractivity contribution in [3.8, 4) is 0 Å². The van der Waals surface area contributed by atoms with Crippen molar-refractivity contribution in [1.29, 1.82) is 0 Å². The second kappa shape index (κ2) is 3.65. The van der Waals surface area contributed by atoms with E-state index in [1.807, 2.05) is 0 Å². The van der Waals surface area contributed by atoms with Gasteiger partial charge in [-0.1, -0.05) is 27.7 Å². The van der Waals surface area contributed by atoms with E-state index in [1.54, 1.807) is 4.63 Å². The summed E-state index contributed by atoms with van der Waals surface area (Å²) >= 11 is 0. The van der Waals surface area contributed by atoms with Crippen molar-refractivity contribution in [2.24, 2.45) is 0 Å². The van der Waals surface area contributed by atoms with E-state index in [0.29, 0.717) is 11.8 Å². The van der Waals surface area contributed by atoms with Crippen LogP contribution in [0.1, 0.15) is 50.9 Å². The number of aromatic nitrogens is 3. The molecule has 2 rings (SSSR count). The van der Waals surface area contributed by atoms with Gasteiger partial charge in [-0.2, -0.15) is 14.8 Å². The molecule has 0 bridgehead atoms. The molecule has 0 saturated heterocycles. The Morgan fingerprint density at radius 3 is 2.13 bits per heavy atom. The molecule has 0 fully saturated rings. The summed E-state index contributed by atoms with van der Waals surface area (Å²) < 4.78 is 1.74. The van der Waals surface area contributed by atoms with E-state index in [9.17, 15) is 0 Å². The summed E-state index contributed by atoms with van der Waals surface area (Å²) in [7, 11) is 0. The van der Waals surface area contributed by atoms with Crippen LogP contribution in [0, 0.1) is 0 Å². The van der Waals surface area contributed by atoms with Gasteiger partial charge in [0.2, 0.25) is 0 Å².